The molecule has 0 saturated heterocycles. The van der Waals surface area contributed by atoms with Crippen LogP contribution in [0.1, 0.15) is 11.1 Å². The quantitative estimate of drug-likeness (QED) is 0.825. The topological polar surface area (TPSA) is 67.4 Å². The van der Waals surface area contributed by atoms with Crippen LogP contribution in [-0.4, -0.2) is 18.5 Å². The number of ether oxygens (including phenoxy) is 1. The predicted octanol–water partition coefficient (Wildman–Crippen LogP) is 3.93. The minimum Gasteiger partial charge on any atom is -0.481 e. The molecule has 0 unspecified atom stereocenters. The van der Waals surface area contributed by atoms with Crippen molar-refractivity contribution in [2.75, 3.05) is 11.9 Å². The molecule has 7 heteroatoms. The molecule has 0 radical (unpaired) electrons. The fourth-order valence-corrected chi connectivity index (χ4v) is 2.34. The lowest BCUT2D eigenvalue weighted by atomic mass is 10.1. The molecule has 0 saturated carbocycles. The molecule has 0 aliphatic carbocycles. The molecule has 126 valence electrons. The van der Waals surface area contributed by atoms with Crippen molar-refractivity contribution in [2.45, 2.75) is 13.8 Å². The first kappa shape index (κ1) is 17.9. The molecule has 0 fully saturated rings. The second kappa shape index (κ2) is 7.92. The summed E-state index contributed by atoms with van der Waals surface area (Å²) < 4.78 is 19.2. The molecule has 2 aromatic carbocycles. The van der Waals surface area contributed by atoms with Crippen LogP contribution in [0, 0.1) is 19.7 Å². The Balaban J connectivity index is 1.86. The number of hydrogen-bond donors (Lipinski definition) is 2. The molecule has 0 aliphatic rings. The van der Waals surface area contributed by atoms with Crippen LogP contribution in [0.3, 0.4) is 0 Å². The summed E-state index contributed by atoms with van der Waals surface area (Å²) in [7, 11) is 0. The Hall–Kier alpha value is -2.41. The maximum Gasteiger partial charge on any atom is 0.325 e. The fourth-order valence-electron chi connectivity index (χ4n) is 2.01. The van der Waals surface area contributed by atoms with Gasteiger partial charge in [0.2, 0.25) is 0 Å². The van der Waals surface area contributed by atoms with Gasteiger partial charge in [-0.05, 0) is 43.7 Å². The number of nitrogens with one attached hydrogen (secondary N) is 2. The van der Waals surface area contributed by atoms with Crippen LogP contribution in [0.15, 0.2) is 40.9 Å². The second-order valence-electron chi connectivity index (χ2n) is 5.18. The van der Waals surface area contributed by atoms with Crippen molar-refractivity contribution in [3.8, 4) is 5.75 Å². The number of halogens is 2. The average Bonchev–Trinajstić information content (AvgIpc) is 2.49. The molecule has 24 heavy (non-hydrogen) atoms. The van der Waals surface area contributed by atoms with Crippen LogP contribution in [-0.2, 0) is 4.79 Å². The molecule has 2 aromatic rings. The first-order chi connectivity index (χ1) is 11.3. The van der Waals surface area contributed by atoms with Gasteiger partial charge in [0.05, 0.1) is 0 Å². The summed E-state index contributed by atoms with van der Waals surface area (Å²) in [4.78, 5) is 23.5. The predicted molar refractivity (Wildman–Crippen MR) is 92.7 cm³/mol. The molecule has 0 bridgehead atoms. The summed E-state index contributed by atoms with van der Waals surface area (Å²) in [6.45, 7) is 3.32. The number of carbonyl (C=O) groups is 2. The monoisotopic (exact) mass is 394 g/mol. The molecule has 0 atom stereocenters. The van der Waals surface area contributed by atoms with E-state index in [4.69, 9.17) is 4.74 Å². The molecule has 3 amide bonds. The number of hydrogen-bond acceptors (Lipinski definition) is 3. The summed E-state index contributed by atoms with van der Waals surface area (Å²) in [6, 6.07) is 9.04. The Bertz CT molecular complexity index is 780. The standard InChI is InChI=1S/C17H16BrFN2O3/c1-10-3-5-14(11(2)7-10)20-17(23)21-16(22)9-24-15-6-4-12(18)8-13(15)19/h3-8H,9H2,1-2H3,(H2,20,21,22,23). The van der Waals surface area contributed by atoms with Gasteiger partial charge in [0.25, 0.3) is 5.91 Å². The lowest BCUT2D eigenvalue weighted by molar-refractivity contribution is -0.121. The van der Waals surface area contributed by atoms with E-state index in [2.05, 4.69) is 26.6 Å². The molecule has 0 heterocycles. The van der Waals surface area contributed by atoms with E-state index in [1.807, 2.05) is 26.0 Å². The third-order valence-electron chi connectivity index (χ3n) is 3.14. The first-order valence-electron chi connectivity index (χ1n) is 7.11. The minimum absolute atomic E-state index is 0.0665. The van der Waals surface area contributed by atoms with Crippen molar-refractivity contribution in [1.82, 2.24) is 5.32 Å². The highest BCUT2D eigenvalue weighted by molar-refractivity contribution is 9.10. The van der Waals surface area contributed by atoms with Gasteiger partial charge in [0, 0.05) is 10.2 Å². The van der Waals surface area contributed by atoms with Crippen LogP contribution >= 0.6 is 15.9 Å². The van der Waals surface area contributed by atoms with E-state index < -0.39 is 24.4 Å². The average molecular weight is 395 g/mol. The highest BCUT2D eigenvalue weighted by Gasteiger charge is 2.11. The van der Waals surface area contributed by atoms with Gasteiger partial charge in [0.15, 0.2) is 18.2 Å². The lowest BCUT2D eigenvalue weighted by Gasteiger charge is -2.10. The van der Waals surface area contributed by atoms with Gasteiger partial charge in [-0.15, -0.1) is 0 Å². The number of rotatable bonds is 4. The Kier molecular flexibility index (Phi) is 5.92. The number of benzene rings is 2. The number of imide groups is 1. The van der Waals surface area contributed by atoms with E-state index in [1.54, 1.807) is 12.1 Å². The highest BCUT2D eigenvalue weighted by atomic mass is 79.9. The molecule has 0 spiro atoms. The molecule has 2 rings (SSSR count). The van der Waals surface area contributed by atoms with Crippen molar-refractivity contribution in [2.24, 2.45) is 0 Å². The van der Waals surface area contributed by atoms with Crippen LogP contribution in [0.2, 0.25) is 0 Å². The van der Waals surface area contributed by atoms with Gasteiger partial charge in [-0.3, -0.25) is 10.1 Å². The minimum atomic E-state index is -0.681. The molecular weight excluding hydrogens is 379 g/mol. The maximum absolute atomic E-state index is 13.6. The SMILES string of the molecule is Cc1ccc(NC(=O)NC(=O)COc2ccc(Br)cc2F)c(C)c1. The molecule has 0 aliphatic heterocycles. The van der Waals surface area contributed by atoms with Gasteiger partial charge in [-0.25, -0.2) is 9.18 Å². The van der Waals surface area contributed by atoms with E-state index in [9.17, 15) is 14.0 Å². The Labute approximate surface area is 147 Å². The number of amides is 3. The summed E-state index contributed by atoms with van der Waals surface area (Å²) in [6.07, 6.45) is 0. The summed E-state index contributed by atoms with van der Waals surface area (Å²) in [5.74, 6) is -1.35. The molecular formula is C17H16BrFN2O3. The zero-order valence-electron chi connectivity index (χ0n) is 13.2. The largest absolute Gasteiger partial charge is 0.481 e. The lowest BCUT2D eigenvalue weighted by Crippen LogP contribution is -2.37. The third kappa shape index (κ3) is 5.06. The van der Waals surface area contributed by atoms with Crippen LogP contribution in [0.5, 0.6) is 5.75 Å². The van der Waals surface area contributed by atoms with Crippen LogP contribution in [0.4, 0.5) is 14.9 Å². The van der Waals surface area contributed by atoms with Crippen molar-refractivity contribution in [3.63, 3.8) is 0 Å². The van der Waals surface area contributed by atoms with Crippen molar-refractivity contribution in [1.29, 1.82) is 0 Å². The Morgan fingerprint density at radius 1 is 1.17 bits per heavy atom. The zero-order valence-corrected chi connectivity index (χ0v) is 14.7. The van der Waals surface area contributed by atoms with E-state index >= 15 is 0 Å². The van der Waals surface area contributed by atoms with E-state index in [-0.39, 0.29) is 5.75 Å². The van der Waals surface area contributed by atoms with Crippen LogP contribution in [0.25, 0.3) is 0 Å². The molecule has 2 N–H and O–H groups in total. The molecule has 5 nitrogen and oxygen atoms in total. The van der Waals surface area contributed by atoms with Gasteiger partial charge < -0.3 is 10.1 Å². The highest BCUT2D eigenvalue weighted by Crippen LogP contribution is 2.21. The van der Waals surface area contributed by atoms with E-state index in [0.717, 1.165) is 11.1 Å². The van der Waals surface area contributed by atoms with Gasteiger partial charge in [-0.2, -0.15) is 0 Å². The van der Waals surface area contributed by atoms with Gasteiger partial charge in [0.1, 0.15) is 0 Å². The summed E-state index contributed by atoms with van der Waals surface area (Å²) >= 11 is 3.12. The van der Waals surface area contributed by atoms with Crippen molar-refractivity contribution in [3.05, 3.63) is 57.8 Å². The number of carbonyl (C=O) groups excluding carboxylic acids is 2. The number of urea groups is 1. The fraction of sp³-hybridized carbons (Fsp3) is 0.176. The summed E-state index contributed by atoms with van der Waals surface area (Å²) in [5.41, 5.74) is 2.55. The second-order valence-corrected chi connectivity index (χ2v) is 6.10. The summed E-state index contributed by atoms with van der Waals surface area (Å²) in [5, 5.41) is 4.70. The van der Waals surface area contributed by atoms with Crippen molar-refractivity contribution < 1.29 is 18.7 Å². The van der Waals surface area contributed by atoms with Crippen LogP contribution < -0.4 is 15.4 Å². The van der Waals surface area contributed by atoms with E-state index in [1.165, 1.54) is 12.1 Å². The van der Waals surface area contributed by atoms with Gasteiger partial charge >= 0.3 is 6.03 Å². The normalized spacial score (nSPS) is 10.2. The number of anilines is 1. The Morgan fingerprint density at radius 3 is 2.58 bits per heavy atom. The van der Waals surface area contributed by atoms with Gasteiger partial charge in [-0.1, -0.05) is 33.6 Å². The number of aryl methyl sites for hydroxylation is 2. The van der Waals surface area contributed by atoms with E-state index in [0.29, 0.717) is 10.2 Å². The molecule has 0 aromatic heterocycles. The third-order valence-corrected chi connectivity index (χ3v) is 3.63. The van der Waals surface area contributed by atoms with Crippen molar-refractivity contribution >= 4 is 33.6 Å². The first-order valence-corrected chi connectivity index (χ1v) is 7.90. The maximum atomic E-state index is 13.6. The smallest absolute Gasteiger partial charge is 0.325 e. The zero-order chi connectivity index (χ0) is 17.7. The Morgan fingerprint density at radius 2 is 1.92 bits per heavy atom.